The number of aromatic nitrogens is 3. The molecule has 200 valence electrons. The van der Waals surface area contributed by atoms with Gasteiger partial charge in [-0.3, -0.25) is 4.90 Å². The second kappa shape index (κ2) is 13.0. The molecule has 0 bridgehead atoms. The van der Waals surface area contributed by atoms with Crippen LogP contribution in [-0.4, -0.2) is 73.9 Å². The minimum Gasteiger partial charge on any atom is -0.496 e. The van der Waals surface area contributed by atoms with E-state index in [-0.39, 0.29) is 24.8 Å². The van der Waals surface area contributed by atoms with Gasteiger partial charge in [0, 0.05) is 81.8 Å². The van der Waals surface area contributed by atoms with Gasteiger partial charge in [0.05, 0.1) is 27.0 Å². The Balaban J connectivity index is 0.00000190. The normalized spacial score (nSPS) is 15.2. The van der Waals surface area contributed by atoms with Gasteiger partial charge >= 0.3 is 0 Å². The van der Waals surface area contributed by atoms with Crippen molar-refractivity contribution >= 4 is 36.6 Å². The molecular formula is C26H34Cl2N6O3. The molecule has 3 aromatic rings. The Bertz CT molecular complexity index is 1160. The van der Waals surface area contributed by atoms with Crippen molar-refractivity contribution in [3.8, 4) is 17.2 Å². The Morgan fingerprint density at radius 3 is 2.19 bits per heavy atom. The maximum Gasteiger partial charge on any atom is 0.225 e. The zero-order valence-corrected chi connectivity index (χ0v) is 23.1. The summed E-state index contributed by atoms with van der Waals surface area (Å²) < 4.78 is 16.5. The van der Waals surface area contributed by atoms with E-state index in [2.05, 4.69) is 25.8 Å². The highest BCUT2D eigenvalue weighted by atomic mass is 35.5. The number of fused-ring (bicyclic) bond motifs is 1. The summed E-state index contributed by atoms with van der Waals surface area (Å²) in [6, 6.07) is 9.93. The average molecular weight is 550 g/mol. The predicted molar refractivity (Wildman–Crippen MR) is 149 cm³/mol. The lowest BCUT2D eigenvalue weighted by molar-refractivity contribution is 0.238. The van der Waals surface area contributed by atoms with Crippen LogP contribution in [0.4, 0.5) is 11.8 Å². The van der Waals surface area contributed by atoms with E-state index in [0.717, 1.165) is 81.0 Å². The average Bonchev–Trinajstić information content (AvgIpc) is 2.93. The van der Waals surface area contributed by atoms with Crippen LogP contribution in [0.3, 0.4) is 0 Å². The second-order valence-electron chi connectivity index (χ2n) is 8.78. The fourth-order valence-electron chi connectivity index (χ4n) is 4.78. The lowest BCUT2D eigenvalue weighted by Gasteiger charge is -2.36. The van der Waals surface area contributed by atoms with Crippen molar-refractivity contribution in [2.24, 2.45) is 0 Å². The van der Waals surface area contributed by atoms with Crippen molar-refractivity contribution in [3.05, 3.63) is 59.5 Å². The first-order valence-corrected chi connectivity index (χ1v) is 12.0. The molecule has 37 heavy (non-hydrogen) atoms. The van der Waals surface area contributed by atoms with Crippen molar-refractivity contribution < 1.29 is 14.2 Å². The summed E-state index contributed by atoms with van der Waals surface area (Å²) in [5.74, 6) is 4.03. The molecule has 0 unspecified atom stereocenters. The first kappa shape index (κ1) is 28.6. The van der Waals surface area contributed by atoms with Crippen LogP contribution >= 0.6 is 24.8 Å². The van der Waals surface area contributed by atoms with Gasteiger partial charge in [-0.2, -0.15) is 0 Å². The summed E-state index contributed by atoms with van der Waals surface area (Å²) in [5, 5.41) is 0. The van der Waals surface area contributed by atoms with Gasteiger partial charge in [0.1, 0.15) is 11.6 Å². The van der Waals surface area contributed by atoms with E-state index >= 15 is 0 Å². The van der Waals surface area contributed by atoms with Gasteiger partial charge in [-0.1, -0.05) is 6.07 Å². The zero-order chi connectivity index (χ0) is 24.2. The molecule has 5 rings (SSSR count). The van der Waals surface area contributed by atoms with Crippen molar-refractivity contribution in [3.63, 3.8) is 0 Å². The lowest BCUT2D eigenvalue weighted by atomic mass is 10.1. The van der Waals surface area contributed by atoms with Crippen molar-refractivity contribution in [2.45, 2.75) is 19.5 Å². The molecule has 0 amide bonds. The largest absolute Gasteiger partial charge is 0.496 e. The van der Waals surface area contributed by atoms with E-state index in [9.17, 15) is 0 Å². The molecule has 11 heteroatoms. The summed E-state index contributed by atoms with van der Waals surface area (Å²) in [6.07, 6.45) is 4.74. The van der Waals surface area contributed by atoms with Gasteiger partial charge in [0.2, 0.25) is 5.95 Å². The van der Waals surface area contributed by atoms with E-state index in [1.54, 1.807) is 21.3 Å². The van der Waals surface area contributed by atoms with Crippen LogP contribution in [-0.2, 0) is 19.5 Å². The summed E-state index contributed by atoms with van der Waals surface area (Å²) in [5.41, 5.74) is 3.40. The minimum atomic E-state index is 0. The van der Waals surface area contributed by atoms with E-state index in [4.69, 9.17) is 24.2 Å². The smallest absolute Gasteiger partial charge is 0.225 e. The molecule has 0 saturated carbocycles. The third-order valence-electron chi connectivity index (χ3n) is 6.72. The Morgan fingerprint density at radius 2 is 1.51 bits per heavy atom. The fourth-order valence-corrected chi connectivity index (χ4v) is 4.78. The fraction of sp³-hybridized carbons (Fsp3) is 0.423. The maximum absolute atomic E-state index is 5.62. The van der Waals surface area contributed by atoms with E-state index in [0.29, 0.717) is 11.5 Å². The summed E-state index contributed by atoms with van der Waals surface area (Å²) in [7, 11) is 4.97. The number of halogens is 2. The van der Waals surface area contributed by atoms with Crippen LogP contribution in [0.1, 0.15) is 16.8 Å². The number of piperazine rings is 1. The SMILES string of the molecule is COc1cc(OC)c(OC)cc1CN1CCc2nc(N3CCN(c4ccccn4)CC3)ncc2C1.Cl.Cl. The highest BCUT2D eigenvalue weighted by Crippen LogP contribution is 2.35. The summed E-state index contributed by atoms with van der Waals surface area (Å²) in [4.78, 5) is 21.1. The Kier molecular flexibility index (Phi) is 10.0. The van der Waals surface area contributed by atoms with Gasteiger partial charge < -0.3 is 24.0 Å². The van der Waals surface area contributed by atoms with Gasteiger partial charge in [0.25, 0.3) is 0 Å². The van der Waals surface area contributed by atoms with Crippen LogP contribution in [0.25, 0.3) is 0 Å². The quantitative estimate of drug-likeness (QED) is 0.439. The molecule has 0 N–H and O–H groups in total. The first-order chi connectivity index (χ1) is 17.2. The third kappa shape index (κ3) is 6.29. The molecule has 2 aliphatic rings. The molecular weight excluding hydrogens is 515 g/mol. The molecule has 4 heterocycles. The van der Waals surface area contributed by atoms with E-state index in [1.165, 1.54) is 5.56 Å². The van der Waals surface area contributed by atoms with Gasteiger partial charge in [-0.05, 0) is 18.2 Å². The number of anilines is 2. The van der Waals surface area contributed by atoms with Crippen molar-refractivity contribution in [1.82, 2.24) is 19.9 Å². The van der Waals surface area contributed by atoms with Crippen LogP contribution in [0.15, 0.2) is 42.7 Å². The number of rotatable bonds is 7. The second-order valence-corrected chi connectivity index (χ2v) is 8.78. The first-order valence-electron chi connectivity index (χ1n) is 12.0. The number of methoxy groups -OCH3 is 3. The molecule has 2 aromatic heterocycles. The highest BCUT2D eigenvalue weighted by molar-refractivity contribution is 5.85. The molecule has 1 saturated heterocycles. The zero-order valence-electron chi connectivity index (χ0n) is 21.4. The number of hydrogen-bond donors (Lipinski definition) is 0. The van der Waals surface area contributed by atoms with Crippen LogP contribution < -0.4 is 24.0 Å². The number of hydrogen-bond acceptors (Lipinski definition) is 9. The Hall–Kier alpha value is -3.01. The highest BCUT2D eigenvalue weighted by Gasteiger charge is 2.24. The molecule has 0 spiro atoms. The minimum absolute atomic E-state index is 0. The molecule has 9 nitrogen and oxygen atoms in total. The molecule has 1 fully saturated rings. The third-order valence-corrected chi connectivity index (χ3v) is 6.72. The predicted octanol–water partition coefficient (Wildman–Crippen LogP) is 3.63. The monoisotopic (exact) mass is 548 g/mol. The van der Waals surface area contributed by atoms with Crippen LogP contribution in [0.2, 0.25) is 0 Å². The van der Waals surface area contributed by atoms with E-state index in [1.807, 2.05) is 36.7 Å². The van der Waals surface area contributed by atoms with E-state index < -0.39 is 0 Å². The molecule has 1 aromatic carbocycles. The summed E-state index contributed by atoms with van der Waals surface area (Å²) in [6.45, 7) is 6.09. The summed E-state index contributed by atoms with van der Waals surface area (Å²) >= 11 is 0. The molecule has 0 radical (unpaired) electrons. The Morgan fingerprint density at radius 1 is 0.811 bits per heavy atom. The van der Waals surface area contributed by atoms with Crippen molar-refractivity contribution in [2.75, 3.05) is 63.9 Å². The number of pyridine rings is 1. The number of benzene rings is 1. The van der Waals surface area contributed by atoms with Gasteiger partial charge in [-0.25, -0.2) is 15.0 Å². The number of nitrogens with zero attached hydrogens (tertiary/aromatic N) is 6. The maximum atomic E-state index is 5.62. The molecule has 0 atom stereocenters. The lowest BCUT2D eigenvalue weighted by Crippen LogP contribution is -2.47. The standard InChI is InChI=1S/C26H32N6O3.2ClH/c1-33-22-15-24(35-3)23(34-2)14-19(22)17-30-9-7-21-20(18-30)16-28-26(29-21)32-12-10-31(11-13-32)25-6-4-5-8-27-25;;/h4-6,8,14-16H,7,9-13,17-18H2,1-3H3;2*1H. The topological polar surface area (TPSA) is 76.1 Å². The van der Waals surface area contributed by atoms with Crippen LogP contribution in [0.5, 0.6) is 17.2 Å². The van der Waals surface area contributed by atoms with Crippen molar-refractivity contribution in [1.29, 1.82) is 0 Å². The van der Waals surface area contributed by atoms with Gasteiger partial charge in [0.15, 0.2) is 11.5 Å². The van der Waals surface area contributed by atoms with Crippen LogP contribution in [0, 0.1) is 0 Å². The molecule has 2 aliphatic heterocycles. The van der Waals surface area contributed by atoms with Gasteiger partial charge in [-0.15, -0.1) is 24.8 Å². The Labute approximate surface area is 230 Å². The number of ether oxygens (including phenoxy) is 3. The molecule has 0 aliphatic carbocycles.